The molecule has 2 aliphatic carbocycles. The van der Waals surface area contributed by atoms with E-state index in [4.69, 9.17) is 5.73 Å². The number of anilines is 1. The van der Waals surface area contributed by atoms with Crippen molar-refractivity contribution in [2.24, 2.45) is 28.5 Å². The number of hydrogen-bond donors (Lipinski definition) is 1. The van der Waals surface area contributed by atoms with Gasteiger partial charge in [-0.3, -0.25) is 4.99 Å². The Morgan fingerprint density at radius 2 is 2.13 bits per heavy atom. The zero-order chi connectivity index (χ0) is 15.6. The maximum atomic E-state index is 6.22. The average Bonchev–Trinajstić information content (AvgIpc) is 3.32. The third-order valence-electron chi connectivity index (χ3n) is 5.95. The number of aromatic nitrogens is 1. The number of rotatable bonds is 4. The van der Waals surface area contributed by atoms with E-state index in [9.17, 15) is 0 Å². The van der Waals surface area contributed by atoms with E-state index in [1.165, 1.54) is 32.1 Å². The number of aliphatic imine (C=N–C) groups is 1. The van der Waals surface area contributed by atoms with Crippen LogP contribution in [-0.4, -0.2) is 48.6 Å². The van der Waals surface area contributed by atoms with Crippen LogP contribution in [-0.2, 0) is 0 Å². The van der Waals surface area contributed by atoms with E-state index >= 15 is 0 Å². The van der Waals surface area contributed by atoms with E-state index in [2.05, 4.69) is 19.8 Å². The van der Waals surface area contributed by atoms with Gasteiger partial charge in [0, 0.05) is 44.3 Å². The normalized spacial score (nSPS) is 31.1. The van der Waals surface area contributed by atoms with Crippen LogP contribution in [0.3, 0.4) is 0 Å². The molecular weight excluding hydrogens is 306 g/mol. The summed E-state index contributed by atoms with van der Waals surface area (Å²) in [6.07, 6.45) is 9.00. The van der Waals surface area contributed by atoms with Crippen molar-refractivity contribution in [2.45, 2.75) is 32.1 Å². The van der Waals surface area contributed by atoms with Crippen LogP contribution in [0.5, 0.6) is 0 Å². The van der Waals surface area contributed by atoms with Gasteiger partial charge >= 0.3 is 0 Å². The monoisotopic (exact) mass is 333 g/mol. The summed E-state index contributed by atoms with van der Waals surface area (Å²) in [6, 6.07) is 0. The molecule has 3 aliphatic rings. The van der Waals surface area contributed by atoms with Crippen LogP contribution in [0.1, 0.15) is 32.1 Å². The van der Waals surface area contributed by atoms with Gasteiger partial charge < -0.3 is 15.5 Å². The topological polar surface area (TPSA) is 57.8 Å². The second kappa shape index (κ2) is 6.67. The first-order chi connectivity index (χ1) is 11.3. The first kappa shape index (κ1) is 15.2. The Bertz CT molecular complexity index is 535. The highest BCUT2D eigenvalue weighted by atomic mass is 32.1. The Morgan fingerprint density at radius 1 is 1.26 bits per heavy atom. The predicted octanol–water partition coefficient (Wildman–Crippen LogP) is 2.41. The first-order valence-corrected chi connectivity index (χ1v) is 9.87. The quantitative estimate of drug-likeness (QED) is 0.679. The summed E-state index contributed by atoms with van der Waals surface area (Å²) in [6.45, 7) is 4.77. The van der Waals surface area contributed by atoms with Crippen LogP contribution in [0.25, 0.3) is 0 Å². The SMILES string of the molecule is NC(=NCCC1CC2CCC1C2)N1CCN(c2nccs2)CC1. The van der Waals surface area contributed by atoms with E-state index in [0.717, 1.165) is 61.6 Å². The Labute approximate surface area is 142 Å². The molecule has 2 saturated carbocycles. The summed E-state index contributed by atoms with van der Waals surface area (Å²) >= 11 is 1.71. The molecule has 2 N–H and O–H groups in total. The fourth-order valence-corrected chi connectivity index (χ4v) is 5.37. The molecule has 2 bridgehead atoms. The smallest absolute Gasteiger partial charge is 0.191 e. The molecule has 3 fully saturated rings. The van der Waals surface area contributed by atoms with E-state index in [1.54, 1.807) is 11.3 Å². The summed E-state index contributed by atoms with van der Waals surface area (Å²) in [5.41, 5.74) is 6.22. The van der Waals surface area contributed by atoms with Crippen molar-refractivity contribution < 1.29 is 0 Å². The van der Waals surface area contributed by atoms with Crippen LogP contribution in [0.4, 0.5) is 5.13 Å². The molecule has 23 heavy (non-hydrogen) atoms. The highest BCUT2D eigenvalue weighted by molar-refractivity contribution is 7.13. The number of nitrogens with two attached hydrogens (primary N) is 1. The van der Waals surface area contributed by atoms with Crippen molar-refractivity contribution in [3.05, 3.63) is 11.6 Å². The summed E-state index contributed by atoms with van der Waals surface area (Å²) < 4.78 is 0. The van der Waals surface area contributed by atoms with E-state index in [-0.39, 0.29) is 0 Å². The van der Waals surface area contributed by atoms with Gasteiger partial charge in [-0.1, -0.05) is 6.42 Å². The lowest BCUT2D eigenvalue weighted by Gasteiger charge is -2.35. The number of nitrogens with zero attached hydrogens (tertiary/aromatic N) is 4. The lowest BCUT2D eigenvalue weighted by Crippen LogP contribution is -2.51. The molecule has 4 rings (SSSR count). The molecule has 0 spiro atoms. The molecule has 1 aromatic heterocycles. The first-order valence-electron chi connectivity index (χ1n) is 8.99. The number of fused-ring (bicyclic) bond motifs is 2. The fraction of sp³-hybridized carbons (Fsp3) is 0.765. The highest BCUT2D eigenvalue weighted by Gasteiger charge is 2.38. The van der Waals surface area contributed by atoms with Crippen LogP contribution in [0.15, 0.2) is 16.6 Å². The standard InChI is InChI=1S/C17H27N5S/c18-16(19-4-3-15-12-13-1-2-14(15)11-13)21-6-8-22(9-7-21)17-20-5-10-23-17/h5,10,13-15H,1-4,6-9,11-12H2,(H2,18,19). The molecule has 2 heterocycles. The van der Waals surface area contributed by atoms with Gasteiger partial charge in [0.25, 0.3) is 0 Å². The van der Waals surface area contributed by atoms with Gasteiger partial charge in [-0.2, -0.15) is 0 Å². The number of hydrogen-bond acceptors (Lipinski definition) is 4. The number of piperazine rings is 1. The molecule has 0 aromatic carbocycles. The Hall–Kier alpha value is -1.30. The second-order valence-corrected chi connectivity index (χ2v) is 8.13. The lowest BCUT2D eigenvalue weighted by molar-refractivity contribution is 0.317. The second-order valence-electron chi connectivity index (χ2n) is 7.25. The zero-order valence-corrected chi connectivity index (χ0v) is 14.5. The molecule has 6 heteroatoms. The number of guanidine groups is 1. The Balaban J connectivity index is 1.22. The van der Waals surface area contributed by atoms with Crippen LogP contribution >= 0.6 is 11.3 Å². The molecule has 5 nitrogen and oxygen atoms in total. The fourth-order valence-electron chi connectivity index (χ4n) is 4.67. The van der Waals surface area contributed by atoms with Gasteiger partial charge in [-0.25, -0.2) is 4.98 Å². The van der Waals surface area contributed by atoms with Crippen molar-refractivity contribution in [1.82, 2.24) is 9.88 Å². The van der Waals surface area contributed by atoms with E-state index in [1.807, 2.05) is 11.6 Å². The van der Waals surface area contributed by atoms with E-state index in [0.29, 0.717) is 0 Å². The third kappa shape index (κ3) is 3.32. The van der Waals surface area contributed by atoms with Crippen molar-refractivity contribution in [1.29, 1.82) is 0 Å². The van der Waals surface area contributed by atoms with Crippen molar-refractivity contribution >= 4 is 22.4 Å². The summed E-state index contributed by atoms with van der Waals surface area (Å²) in [7, 11) is 0. The maximum Gasteiger partial charge on any atom is 0.191 e. The van der Waals surface area contributed by atoms with Gasteiger partial charge in [0.1, 0.15) is 0 Å². The van der Waals surface area contributed by atoms with Crippen LogP contribution in [0.2, 0.25) is 0 Å². The predicted molar refractivity (Wildman–Crippen MR) is 95.9 cm³/mol. The summed E-state index contributed by atoms with van der Waals surface area (Å²) in [5.74, 6) is 3.70. The molecule has 1 aliphatic heterocycles. The minimum absolute atomic E-state index is 0.743. The maximum absolute atomic E-state index is 6.22. The molecule has 126 valence electrons. The molecule has 3 unspecified atom stereocenters. The third-order valence-corrected chi connectivity index (χ3v) is 6.78. The Kier molecular flexibility index (Phi) is 4.42. The largest absolute Gasteiger partial charge is 0.370 e. The summed E-state index contributed by atoms with van der Waals surface area (Å²) in [4.78, 5) is 13.6. The van der Waals surface area contributed by atoms with Gasteiger partial charge in [0.05, 0.1) is 0 Å². The van der Waals surface area contributed by atoms with Crippen LogP contribution in [0, 0.1) is 17.8 Å². The molecule has 0 amide bonds. The Morgan fingerprint density at radius 3 is 2.78 bits per heavy atom. The molecule has 1 aromatic rings. The highest BCUT2D eigenvalue weighted by Crippen LogP contribution is 2.49. The molecule has 3 atom stereocenters. The minimum atomic E-state index is 0.743. The molecule has 0 radical (unpaired) electrons. The lowest BCUT2D eigenvalue weighted by atomic mass is 9.86. The van der Waals surface area contributed by atoms with Crippen molar-refractivity contribution in [3.8, 4) is 0 Å². The molecule has 1 saturated heterocycles. The van der Waals surface area contributed by atoms with Gasteiger partial charge in [0.2, 0.25) is 0 Å². The minimum Gasteiger partial charge on any atom is -0.370 e. The molecular formula is C17H27N5S. The van der Waals surface area contributed by atoms with Crippen LogP contribution < -0.4 is 10.6 Å². The van der Waals surface area contributed by atoms with Gasteiger partial charge in [-0.15, -0.1) is 11.3 Å². The number of thiazole rings is 1. The van der Waals surface area contributed by atoms with Gasteiger partial charge in [-0.05, 0) is 43.4 Å². The van der Waals surface area contributed by atoms with E-state index < -0.39 is 0 Å². The average molecular weight is 334 g/mol. The van der Waals surface area contributed by atoms with Crippen molar-refractivity contribution in [2.75, 3.05) is 37.6 Å². The zero-order valence-electron chi connectivity index (χ0n) is 13.7. The van der Waals surface area contributed by atoms with Gasteiger partial charge in [0.15, 0.2) is 11.1 Å². The van der Waals surface area contributed by atoms with Crippen molar-refractivity contribution in [3.63, 3.8) is 0 Å². The summed E-state index contributed by atoms with van der Waals surface area (Å²) in [5, 5.41) is 3.16.